The average molecular weight is 249 g/mol. The topological polar surface area (TPSA) is 84.3 Å². The Balaban J connectivity index is 1.97. The lowest BCUT2D eigenvalue weighted by Crippen LogP contribution is -2.29. The smallest absolute Gasteiger partial charge is 0.274 e. The van der Waals surface area contributed by atoms with Gasteiger partial charge < -0.3 is 10.6 Å². The highest BCUT2D eigenvalue weighted by atomic mass is 16.6. The fourth-order valence-electron chi connectivity index (χ4n) is 1.61. The highest BCUT2D eigenvalue weighted by molar-refractivity contribution is 5.92. The molecule has 6 nitrogen and oxygen atoms in total. The molecule has 2 N–H and O–H groups in total. The fourth-order valence-corrected chi connectivity index (χ4v) is 1.61. The van der Waals surface area contributed by atoms with Crippen molar-refractivity contribution in [3.05, 3.63) is 33.9 Å². The van der Waals surface area contributed by atoms with Crippen molar-refractivity contribution in [3.8, 4) is 0 Å². The number of amides is 1. The molecule has 1 aliphatic carbocycles. The lowest BCUT2D eigenvalue weighted by atomic mass is 10.2. The van der Waals surface area contributed by atoms with Crippen LogP contribution < -0.4 is 10.6 Å². The van der Waals surface area contributed by atoms with Gasteiger partial charge in [0, 0.05) is 23.4 Å². The second-order valence-electron chi connectivity index (χ2n) is 4.46. The lowest BCUT2D eigenvalue weighted by molar-refractivity contribution is -0.385. The minimum atomic E-state index is -0.451. The van der Waals surface area contributed by atoms with E-state index in [0.717, 1.165) is 12.8 Å². The molecule has 0 bridgehead atoms. The van der Waals surface area contributed by atoms with E-state index in [0.29, 0.717) is 17.3 Å². The maximum Gasteiger partial charge on any atom is 0.274 e. The summed E-state index contributed by atoms with van der Waals surface area (Å²) in [6.45, 7) is 1.91. The second kappa shape index (κ2) is 5.14. The first-order valence-corrected chi connectivity index (χ1v) is 5.84. The molecular weight excluding hydrogens is 234 g/mol. The number of hydrogen-bond acceptors (Lipinski definition) is 4. The first-order chi connectivity index (χ1) is 8.56. The van der Waals surface area contributed by atoms with Crippen molar-refractivity contribution in [3.63, 3.8) is 0 Å². The van der Waals surface area contributed by atoms with Crippen LogP contribution in [0.25, 0.3) is 0 Å². The van der Waals surface area contributed by atoms with Crippen LogP contribution >= 0.6 is 0 Å². The van der Waals surface area contributed by atoms with Crippen LogP contribution in [0, 0.1) is 17.0 Å². The van der Waals surface area contributed by atoms with Crippen LogP contribution in [0.1, 0.15) is 18.4 Å². The van der Waals surface area contributed by atoms with Gasteiger partial charge in [0.25, 0.3) is 5.69 Å². The number of carbonyl (C=O) groups is 1. The Morgan fingerprint density at radius 2 is 2.22 bits per heavy atom. The maximum atomic E-state index is 11.6. The quantitative estimate of drug-likeness (QED) is 0.613. The van der Waals surface area contributed by atoms with Gasteiger partial charge in [-0.2, -0.15) is 0 Å². The van der Waals surface area contributed by atoms with Gasteiger partial charge in [0.05, 0.1) is 11.5 Å². The van der Waals surface area contributed by atoms with Crippen molar-refractivity contribution in [1.29, 1.82) is 0 Å². The predicted octanol–water partition coefficient (Wildman–Crippen LogP) is 1.59. The minimum Gasteiger partial charge on any atom is -0.325 e. The SMILES string of the molecule is Cc1ccc(NC(=O)CNC2CC2)cc1[N+](=O)[O-]. The van der Waals surface area contributed by atoms with Crippen molar-refractivity contribution in [2.24, 2.45) is 0 Å². The summed E-state index contributed by atoms with van der Waals surface area (Å²) in [5.74, 6) is -0.181. The van der Waals surface area contributed by atoms with Gasteiger partial charge in [-0.15, -0.1) is 0 Å². The Morgan fingerprint density at radius 1 is 1.50 bits per heavy atom. The zero-order valence-electron chi connectivity index (χ0n) is 10.1. The first-order valence-electron chi connectivity index (χ1n) is 5.84. The average Bonchev–Trinajstić information content (AvgIpc) is 3.12. The number of carbonyl (C=O) groups excluding carboxylic acids is 1. The Morgan fingerprint density at radius 3 is 2.83 bits per heavy atom. The molecule has 1 fully saturated rings. The maximum absolute atomic E-state index is 11.6. The zero-order chi connectivity index (χ0) is 13.1. The van der Waals surface area contributed by atoms with Crippen LogP contribution in [0.15, 0.2) is 18.2 Å². The Hall–Kier alpha value is -1.95. The Labute approximate surface area is 105 Å². The van der Waals surface area contributed by atoms with Crippen molar-refractivity contribution in [1.82, 2.24) is 5.32 Å². The third kappa shape index (κ3) is 3.27. The summed E-state index contributed by atoms with van der Waals surface area (Å²) in [6, 6.07) is 5.13. The molecule has 0 radical (unpaired) electrons. The summed E-state index contributed by atoms with van der Waals surface area (Å²) in [5.41, 5.74) is 1.05. The molecule has 1 amide bonds. The van der Waals surface area contributed by atoms with Crippen LogP contribution in [0.4, 0.5) is 11.4 Å². The largest absolute Gasteiger partial charge is 0.325 e. The Bertz CT molecular complexity index is 483. The van der Waals surface area contributed by atoms with E-state index in [4.69, 9.17) is 0 Å². The molecule has 0 unspecified atom stereocenters. The number of anilines is 1. The molecular formula is C12H15N3O3. The van der Waals surface area contributed by atoms with E-state index in [1.54, 1.807) is 19.1 Å². The number of nitrogens with zero attached hydrogens (tertiary/aromatic N) is 1. The van der Waals surface area contributed by atoms with E-state index in [1.807, 2.05) is 0 Å². The molecule has 1 aliphatic rings. The summed E-state index contributed by atoms with van der Waals surface area (Å²) in [6.07, 6.45) is 2.23. The van der Waals surface area contributed by atoms with Crippen molar-refractivity contribution in [2.75, 3.05) is 11.9 Å². The van der Waals surface area contributed by atoms with Crippen LogP contribution in [-0.2, 0) is 4.79 Å². The van der Waals surface area contributed by atoms with Gasteiger partial charge in [-0.05, 0) is 25.8 Å². The van der Waals surface area contributed by atoms with Gasteiger partial charge in [-0.25, -0.2) is 0 Å². The number of nitro groups is 1. The summed E-state index contributed by atoms with van der Waals surface area (Å²) >= 11 is 0. The number of nitro benzene ring substituents is 1. The number of aryl methyl sites for hydroxylation is 1. The molecule has 6 heteroatoms. The summed E-state index contributed by atoms with van der Waals surface area (Å²) < 4.78 is 0. The van der Waals surface area contributed by atoms with Gasteiger partial charge in [0.2, 0.25) is 5.91 Å². The molecule has 0 atom stereocenters. The van der Waals surface area contributed by atoms with Crippen LogP contribution in [0.5, 0.6) is 0 Å². The zero-order valence-corrected chi connectivity index (χ0v) is 10.1. The van der Waals surface area contributed by atoms with E-state index < -0.39 is 4.92 Å². The fraction of sp³-hybridized carbons (Fsp3) is 0.417. The van der Waals surface area contributed by atoms with E-state index in [1.165, 1.54) is 6.07 Å². The molecule has 1 aromatic carbocycles. The molecule has 0 aromatic heterocycles. The van der Waals surface area contributed by atoms with E-state index in [-0.39, 0.29) is 18.1 Å². The third-order valence-corrected chi connectivity index (χ3v) is 2.82. The summed E-state index contributed by atoms with van der Waals surface area (Å²) in [5, 5.41) is 16.5. The molecule has 0 saturated heterocycles. The van der Waals surface area contributed by atoms with Gasteiger partial charge >= 0.3 is 0 Å². The summed E-state index contributed by atoms with van der Waals surface area (Å²) in [4.78, 5) is 21.9. The van der Waals surface area contributed by atoms with Gasteiger partial charge in [-0.3, -0.25) is 14.9 Å². The normalized spacial score (nSPS) is 14.3. The van der Waals surface area contributed by atoms with Crippen molar-refractivity contribution < 1.29 is 9.72 Å². The number of nitrogens with one attached hydrogen (secondary N) is 2. The van der Waals surface area contributed by atoms with E-state index in [2.05, 4.69) is 10.6 Å². The monoisotopic (exact) mass is 249 g/mol. The van der Waals surface area contributed by atoms with E-state index in [9.17, 15) is 14.9 Å². The Kier molecular flexibility index (Phi) is 3.57. The lowest BCUT2D eigenvalue weighted by Gasteiger charge is -2.06. The molecule has 0 aliphatic heterocycles. The van der Waals surface area contributed by atoms with Crippen LogP contribution in [-0.4, -0.2) is 23.4 Å². The molecule has 0 heterocycles. The van der Waals surface area contributed by atoms with Crippen molar-refractivity contribution >= 4 is 17.3 Å². The van der Waals surface area contributed by atoms with Crippen LogP contribution in [0.3, 0.4) is 0 Å². The molecule has 1 saturated carbocycles. The van der Waals surface area contributed by atoms with Gasteiger partial charge in [0.15, 0.2) is 0 Å². The molecule has 18 heavy (non-hydrogen) atoms. The molecule has 0 spiro atoms. The highest BCUT2D eigenvalue weighted by Crippen LogP contribution is 2.22. The number of hydrogen-bond donors (Lipinski definition) is 2. The minimum absolute atomic E-state index is 0.0166. The van der Waals surface area contributed by atoms with Gasteiger partial charge in [0.1, 0.15) is 0 Å². The molecule has 2 rings (SSSR count). The third-order valence-electron chi connectivity index (χ3n) is 2.82. The van der Waals surface area contributed by atoms with Crippen molar-refractivity contribution in [2.45, 2.75) is 25.8 Å². The highest BCUT2D eigenvalue weighted by Gasteiger charge is 2.21. The number of benzene rings is 1. The first kappa shape index (κ1) is 12.5. The molecule has 96 valence electrons. The predicted molar refractivity (Wildman–Crippen MR) is 67.5 cm³/mol. The summed E-state index contributed by atoms with van der Waals surface area (Å²) in [7, 11) is 0. The van der Waals surface area contributed by atoms with E-state index >= 15 is 0 Å². The molecule has 1 aromatic rings. The van der Waals surface area contributed by atoms with Crippen LogP contribution in [0.2, 0.25) is 0 Å². The number of rotatable bonds is 5. The standard InChI is InChI=1S/C12H15N3O3/c1-8-2-3-10(6-11(8)15(17)18)14-12(16)7-13-9-4-5-9/h2-3,6,9,13H,4-5,7H2,1H3,(H,14,16). The second-order valence-corrected chi connectivity index (χ2v) is 4.46. The van der Waals surface area contributed by atoms with Gasteiger partial charge in [-0.1, -0.05) is 6.07 Å².